The van der Waals surface area contributed by atoms with Crippen molar-refractivity contribution < 1.29 is 80.2 Å². The maximum atomic E-state index is 13.1. The first kappa shape index (κ1) is 95.1. The Kier molecular flexibility index (Phi) is 69.6. The molecule has 3 N–H and O–H groups in total. The highest BCUT2D eigenvalue weighted by Gasteiger charge is 2.30. The molecular weight excluding hydrogens is 1270 g/mol. The zero-order chi connectivity index (χ0) is 71.2. The lowest BCUT2D eigenvalue weighted by Crippen LogP contribution is -2.30. The molecule has 0 bridgehead atoms. The van der Waals surface area contributed by atoms with Crippen LogP contribution in [-0.2, 0) is 65.4 Å². The van der Waals surface area contributed by atoms with Crippen molar-refractivity contribution in [2.24, 2.45) is 5.92 Å². The third-order valence-electron chi connectivity index (χ3n) is 18.3. The molecule has 17 nitrogen and oxygen atoms in total. The summed E-state index contributed by atoms with van der Waals surface area (Å²) in [6.45, 7) is 7.23. The van der Waals surface area contributed by atoms with Crippen molar-refractivity contribution >= 4 is 39.5 Å². The number of hydrogen-bond acceptors (Lipinski definition) is 15. The summed E-state index contributed by atoms with van der Waals surface area (Å²) in [6, 6.07) is 0. The molecule has 5 atom stereocenters. The molecule has 0 aromatic carbocycles. The second kappa shape index (κ2) is 71.1. The lowest BCUT2D eigenvalue weighted by molar-refractivity contribution is -0.161. The fourth-order valence-corrected chi connectivity index (χ4v) is 13.6. The van der Waals surface area contributed by atoms with E-state index in [1.54, 1.807) is 0 Å². The lowest BCUT2D eigenvalue weighted by Gasteiger charge is -2.21. The summed E-state index contributed by atoms with van der Waals surface area (Å²) >= 11 is 0. The summed E-state index contributed by atoms with van der Waals surface area (Å²) in [7, 11) is -9.91. The summed E-state index contributed by atoms with van der Waals surface area (Å²) in [5, 5.41) is 10.6. The summed E-state index contributed by atoms with van der Waals surface area (Å²) in [5.74, 6) is -1.40. The van der Waals surface area contributed by atoms with Crippen molar-refractivity contribution in [1.29, 1.82) is 0 Å². The van der Waals surface area contributed by atoms with E-state index in [1.165, 1.54) is 231 Å². The van der Waals surface area contributed by atoms with Crippen molar-refractivity contribution in [3.05, 3.63) is 0 Å². The Bertz CT molecular complexity index is 1860. The number of rotatable bonds is 78. The minimum atomic E-state index is -4.96. The van der Waals surface area contributed by atoms with Crippen LogP contribution in [0.2, 0.25) is 0 Å². The molecule has 97 heavy (non-hydrogen) atoms. The van der Waals surface area contributed by atoms with Crippen LogP contribution in [0.1, 0.15) is 413 Å². The number of unbranched alkanes of at least 4 members (excludes halogenated alkanes) is 50. The van der Waals surface area contributed by atoms with Gasteiger partial charge in [0.2, 0.25) is 0 Å². The smallest absolute Gasteiger partial charge is 0.462 e. The van der Waals surface area contributed by atoms with E-state index < -0.39 is 97.5 Å². The van der Waals surface area contributed by atoms with E-state index in [1.807, 2.05) is 0 Å². The highest BCUT2D eigenvalue weighted by atomic mass is 31.2. The monoisotopic (exact) mass is 1420 g/mol. The van der Waals surface area contributed by atoms with Gasteiger partial charge in [-0.1, -0.05) is 362 Å². The van der Waals surface area contributed by atoms with Gasteiger partial charge in [0.1, 0.15) is 19.3 Å². The van der Waals surface area contributed by atoms with Gasteiger partial charge in [-0.15, -0.1) is 0 Å². The molecule has 576 valence electrons. The molecule has 0 aromatic rings. The van der Waals surface area contributed by atoms with E-state index >= 15 is 0 Å². The van der Waals surface area contributed by atoms with Gasteiger partial charge in [-0.25, -0.2) is 9.13 Å². The third kappa shape index (κ3) is 72.2. The van der Waals surface area contributed by atoms with Crippen molar-refractivity contribution in [3.8, 4) is 0 Å². The van der Waals surface area contributed by atoms with Gasteiger partial charge in [0.05, 0.1) is 26.4 Å². The number of phosphoric acid groups is 2. The van der Waals surface area contributed by atoms with Crippen LogP contribution < -0.4 is 0 Å². The lowest BCUT2D eigenvalue weighted by atomic mass is 10.0. The van der Waals surface area contributed by atoms with Crippen LogP contribution in [0, 0.1) is 5.92 Å². The number of carbonyl (C=O) groups excluding carboxylic acids is 4. The molecule has 0 fully saturated rings. The average Bonchev–Trinajstić information content (AvgIpc) is 1.49. The number of esters is 4. The van der Waals surface area contributed by atoms with Gasteiger partial charge in [0.15, 0.2) is 12.2 Å². The van der Waals surface area contributed by atoms with Crippen molar-refractivity contribution in [1.82, 2.24) is 0 Å². The van der Waals surface area contributed by atoms with Crippen molar-refractivity contribution in [3.63, 3.8) is 0 Å². The molecule has 0 aromatic heterocycles. The molecule has 19 heteroatoms. The van der Waals surface area contributed by atoms with Gasteiger partial charge in [0, 0.05) is 25.7 Å². The molecule has 0 rings (SSSR count). The van der Waals surface area contributed by atoms with E-state index in [2.05, 4.69) is 34.6 Å². The molecule has 0 amide bonds. The van der Waals surface area contributed by atoms with Crippen molar-refractivity contribution in [2.75, 3.05) is 39.6 Å². The van der Waals surface area contributed by atoms with Crippen LogP contribution >= 0.6 is 15.6 Å². The third-order valence-corrected chi connectivity index (χ3v) is 20.2. The van der Waals surface area contributed by atoms with E-state index in [-0.39, 0.29) is 25.7 Å². The van der Waals surface area contributed by atoms with Gasteiger partial charge >= 0.3 is 39.5 Å². The minimum Gasteiger partial charge on any atom is -0.462 e. The van der Waals surface area contributed by atoms with Crippen LogP contribution in [0.15, 0.2) is 0 Å². The summed E-state index contributed by atoms with van der Waals surface area (Å²) in [5.41, 5.74) is 0. The predicted octanol–water partition coefficient (Wildman–Crippen LogP) is 23.3. The molecule has 0 radical (unpaired) electrons. The van der Waals surface area contributed by atoms with Crippen LogP contribution in [0.3, 0.4) is 0 Å². The van der Waals surface area contributed by atoms with E-state index in [0.717, 1.165) is 102 Å². The number of hydrogen-bond donors (Lipinski definition) is 3. The largest absolute Gasteiger partial charge is 0.472 e. The Balaban J connectivity index is 5.18. The Morgan fingerprint density at radius 3 is 0.701 bits per heavy atom. The number of ether oxygens (including phenoxy) is 4. The maximum absolute atomic E-state index is 13.1. The highest BCUT2D eigenvalue weighted by molar-refractivity contribution is 7.47. The predicted molar refractivity (Wildman–Crippen MR) is 395 cm³/mol. The Morgan fingerprint density at radius 1 is 0.278 bits per heavy atom. The van der Waals surface area contributed by atoms with Crippen LogP contribution in [-0.4, -0.2) is 96.7 Å². The SMILES string of the molecule is CCCCCCCCCCCCCCCCCCCCCC(=O)OC[C@H](COP(=O)(O)OC[C@@H](O)COP(=O)(O)OC[C@@H](COC(=O)CCCCCCCCCC)OC(=O)CCCCCCCCCCC(C)C)OC(=O)CCCCCCCCCCCCCCCCCCCCC. The van der Waals surface area contributed by atoms with E-state index in [0.29, 0.717) is 25.7 Å². The molecule has 0 aliphatic rings. The van der Waals surface area contributed by atoms with Gasteiger partial charge < -0.3 is 33.8 Å². The second-order valence-corrected chi connectivity index (χ2v) is 31.5. The molecule has 0 saturated heterocycles. The van der Waals surface area contributed by atoms with Gasteiger partial charge in [-0.2, -0.15) is 0 Å². The quantitative estimate of drug-likeness (QED) is 0.0222. The van der Waals surface area contributed by atoms with Crippen LogP contribution in [0.5, 0.6) is 0 Å². The molecular formula is C78H152O17P2. The highest BCUT2D eigenvalue weighted by Crippen LogP contribution is 2.45. The zero-order valence-corrected chi connectivity index (χ0v) is 65.0. The minimum absolute atomic E-state index is 0.105. The average molecular weight is 1420 g/mol. The first-order chi connectivity index (χ1) is 47.0. The van der Waals surface area contributed by atoms with Gasteiger partial charge in [-0.3, -0.25) is 37.3 Å². The number of carbonyl (C=O) groups is 4. The summed E-state index contributed by atoms with van der Waals surface area (Å²) in [4.78, 5) is 72.8. The second-order valence-electron chi connectivity index (χ2n) is 28.6. The van der Waals surface area contributed by atoms with Gasteiger partial charge in [0.25, 0.3) is 0 Å². The number of aliphatic hydroxyl groups is 1. The Hall–Kier alpha value is -1.94. The van der Waals surface area contributed by atoms with E-state index in [4.69, 9.17) is 37.0 Å². The zero-order valence-electron chi connectivity index (χ0n) is 63.2. The van der Waals surface area contributed by atoms with Gasteiger partial charge in [-0.05, 0) is 31.6 Å². The Morgan fingerprint density at radius 2 is 0.474 bits per heavy atom. The maximum Gasteiger partial charge on any atom is 0.472 e. The topological polar surface area (TPSA) is 237 Å². The molecule has 0 saturated carbocycles. The number of aliphatic hydroxyl groups excluding tert-OH is 1. The first-order valence-corrected chi connectivity index (χ1v) is 43.6. The first-order valence-electron chi connectivity index (χ1n) is 40.6. The molecule has 2 unspecified atom stereocenters. The normalized spacial score (nSPS) is 13.9. The summed E-state index contributed by atoms with van der Waals surface area (Å²) in [6.07, 6.45) is 61.3. The Labute approximate surface area is 594 Å². The molecule has 0 aliphatic heterocycles. The standard InChI is InChI=1S/C78H152O17P2/c1-6-9-12-15-18-21-23-25-27-29-31-33-35-37-39-41-47-52-57-62-76(81)89-68-74(94-77(82)63-58-53-48-42-40-38-36-34-32-30-28-26-24-22-19-16-13-10-7-2)70-93-97(86,87)91-66-72(79)65-90-96(84,85)92-69-73(67-88-75(80)61-56-51-46-20-17-14-11-8-3)95-78(83)64-59-54-49-44-43-45-50-55-60-71(4)5/h71-74,79H,6-70H2,1-5H3,(H,84,85)(H,86,87)/t72-,73+,74+/m0/s1. The fraction of sp³-hybridized carbons (Fsp3) is 0.949. The molecule has 0 heterocycles. The van der Waals surface area contributed by atoms with Crippen LogP contribution in [0.4, 0.5) is 0 Å². The number of phosphoric ester groups is 2. The molecule has 0 aliphatic carbocycles. The fourth-order valence-electron chi connectivity index (χ4n) is 12.1. The van der Waals surface area contributed by atoms with Crippen LogP contribution in [0.25, 0.3) is 0 Å². The van der Waals surface area contributed by atoms with E-state index in [9.17, 15) is 43.2 Å². The van der Waals surface area contributed by atoms with Crippen molar-refractivity contribution in [2.45, 2.75) is 432 Å². The summed E-state index contributed by atoms with van der Waals surface area (Å²) < 4.78 is 68.5. The molecule has 0 spiro atoms.